The minimum absolute atomic E-state index is 0. The Labute approximate surface area is 130 Å². The molecular weight excluding hydrogens is 286 g/mol. The molecule has 2 N–H and O–H groups in total. The molecule has 112 valence electrons. The topological polar surface area (TPSA) is 57.8 Å². The summed E-state index contributed by atoms with van der Waals surface area (Å²) in [6, 6.07) is 10.4. The van der Waals surface area contributed by atoms with Gasteiger partial charge in [-0.25, -0.2) is 4.98 Å². The highest BCUT2D eigenvalue weighted by atomic mass is 35.5. The summed E-state index contributed by atoms with van der Waals surface area (Å²) in [5.41, 5.74) is 2.40. The fourth-order valence-electron chi connectivity index (χ4n) is 2.58. The van der Waals surface area contributed by atoms with Crippen LogP contribution >= 0.6 is 12.4 Å². The van der Waals surface area contributed by atoms with Gasteiger partial charge in [-0.3, -0.25) is 4.79 Å². The molecule has 5 heteroatoms. The van der Waals surface area contributed by atoms with E-state index in [0.29, 0.717) is 5.92 Å². The van der Waals surface area contributed by atoms with Crippen molar-refractivity contribution in [2.24, 2.45) is 5.92 Å². The van der Waals surface area contributed by atoms with Crippen molar-refractivity contribution in [3.8, 4) is 0 Å². The number of imidazole rings is 1. The van der Waals surface area contributed by atoms with Crippen LogP contribution in [0.15, 0.2) is 42.9 Å². The Morgan fingerprint density at radius 3 is 2.86 bits per heavy atom. The average Bonchev–Trinajstić information content (AvgIpc) is 3.10. The van der Waals surface area contributed by atoms with Crippen LogP contribution in [-0.4, -0.2) is 22.4 Å². The fourth-order valence-corrected chi connectivity index (χ4v) is 2.58. The zero-order valence-corrected chi connectivity index (χ0v) is 12.6. The first kappa shape index (κ1) is 15.6. The summed E-state index contributed by atoms with van der Waals surface area (Å²) < 4.78 is 0. The lowest BCUT2D eigenvalue weighted by atomic mass is 10.1. The second kappa shape index (κ2) is 7.27. The van der Waals surface area contributed by atoms with Gasteiger partial charge in [0.1, 0.15) is 0 Å². The van der Waals surface area contributed by atoms with Gasteiger partial charge < -0.3 is 10.3 Å². The molecule has 1 heterocycles. The van der Waals surface area contributed by atoms with E-state index in [1.807, 2.05) is 24.4 Å². The molecule has 0 unspecified atom stereocenters. The molecule has 1 fully saturated rings. The van der Waals surface area contributed by atoms with E-state index in [1.54, 1.807) is 6.33 Å². The number of benzene rings is 1. The molecule has 0 bridgehead atoms. The van der Waals surface area contributed by atoms with Gasteiger partial charge in [-0.15, -0.1) is 12.4 Å². The van der Waals surface area contributed by atoms with Crippen LogP contribution in [0.2, 0.25) is 0 Å². The van der Waals surface area contributed by atoms with Gasteiger partial charge in [0.05, 0.1) is 6.33 Å². The van der Waals surface area contributed by atoms with E-state index in [-0.39, 0.29) is 24.2 Å². The fraction of sp³-hybridized carbons (Fsp3) is 0.375. The van der Waals surface area contributed by atoms with Crippen molar-refractivity contribution >= 4 is 18.3 Å². The summed E-state index contributed by atoms with van der Waals surface area (Å²) in [5, 5.41) is 3.03. The lowest BCUT2D eigenvalue weighted by Gasteiger charge is -2.05. The maximum atomic E-state index is 12.0. The molecule has 1 amide bonds. The van der Waals surface area contributed by atoms with E-state index in [0.717, 1.165) is 31.5 Å². The largest absolute Gasteiger partial charge is 0.356 e. The molecule has 0 aliphatic heterocycles. The monoisotopic (exact) mass is 305 g/mol. The summed E-state index contributed by atoms with van der Waals surface area (Å²) in [6.45, 7) is 0.750. The Balaban J connectivity index is 0.00000161. The van der Waals surface area contributed by atoms with E-state index in [2.05, 4.69) is 27.4 Å². The molecular formula is C16H20ClN3O. The molecule has 0 radical (unpaired) electrons. The molecule has 21 heavy (non-hydrogen) atoms. The number of amides is 1. The number of nitrogens with one attached hydrogen (secondary N) is 2. The van der Waals surface area contributed by atoms with Gasteiger partial charge in [-0.05, 0) is 24.8 Å². The van der Waals surface area contributed by atoms with Gasteiger partial charge in [0.15, 0.2) is 0 Å². The highest BCUT2D eigenvalue weighted by Crippen LogP contribution is 2.46. The lowest BCUT2D eigenvalue weighted by Crippen LogP contribution is -2.26. The number of halogens is 1. The highest BCUT2D eigenvalue weighted by Gasteiger charge is 2.44. The van der Waals surface area contributed by atoms with E-state index < -0.39 is 0 Å². The van der Waals surface area contributed by atoms with Crippen LogP contribution in [0.1, 0.15) is 30.0 Å². The van der Waals surface area contributed by atoms with E-state index in [9.17, 15) is 4.79 Å². The van der Waals surface area contributed by atoms with E-state index in [1.165, 1.54) is 5.56 Å². The van der Waals surface area contributed by atoms with Gasteiger partial charge in [0, 0.05) is 30.3 Å². The summed E-state index contributed by atoms with van der Waals surface area (Å²) in [7, 11) is 0. The Morgan fingerprint density at radius 1 is 1.33 bits per heavy atom. The summed E-state index contributed by atoms with van der Waals surface area (Å²) in [4.78, 5) is 19.1. The molecule has 1 aliphatic carbocycles. The van der Waals surface area contributed by atoms with Crippen molar-refractivity contribution in [1.82, 2.24) is 15.3 Å². The van der Waals surface area contributed by atoms with Crippen LogP contribution in [0.5, 0.6) is 0 Å². The number of rotatable bonds is 6. The Kier molecular flexibility index (Phi) is 5.39. The Bertz CT molecular complexity index is 556. The van der Waals surface area contributed by atoms with E-state index >= 15 is 0 Å². The third-order valence-corrected chi connectivity index (χ3v) is 3.83. The van der Waals surface area contributed by atoms with Crippen LogP contribution in [-0.2, 0) is 11.2 Å². The quantitative estimate of drug-likeness (QED) is 0.806. The van der Waals surface area contributed by atoms with Gasteiger partial charge in [0.25, 0.3) is 0 Å². The number of aryl methyl sites for hydroxylation is 1. The van der Waals surface area contributed by atoms with Gasteiger partial charge in [0.2, 0.25) is 5.91 Å². The standard InChI is InChI=1S/C16H19N3O.ClH/c20-16(14-9-13(14)15-10-17-11-19-15)18-8-4-7-12-5-2-1-3-6-12;/h1-3,5-6,10-11,13-14H,4,7-9H2,(H,17,19)(H,18,20);1H/t13-,14-;/m1./s1. The van der Waals surface area contributed by atoms with Crippen molar-refractivity contribution in [3.05, 3.63) is 54.1 Å². The van der Waals surface area contributed by atoms with Crippen molar-refractivity contribution in [2.75, 3.05) is 6.54 Å². The third-order valence-electron chi connectivity index (χ3n) is 3.83. The van der Waals surface area contributed by atoms with Crippen LogP contribution in [0.3, 0.4) is 0 Å². The van der Waals surface area contributed by atoms with Crippen molar-refractivity contribution in [3.63, 3.8) is 0 Å². The minimum Gasteiger partial charge on any atom is -0.356 e. The van der Waals surface area contributed by atoms with Crippen molar-refractivity contribution in [1.29, 1.82) is 0 Å². The van der Waals surface area contributed by atoms with Gasteiger partial charge >= 0.3 is 0 Å². The number of H-pyrrole nitrogens is 1. The zero-order chi connectivity index (χ0) is 13.8. The third kappa shape index (κ3) is 4.08. The normalized spacial score (nSPS) is 19.6. The smallest absolute Gasteiger partial charge is 0.223 e. The SMILES string of the molecule is Cl.O=C(NCCCc1ccccc1)[C@@H]1C[C@H]1c1cnc[nH]1. The Hall–Kier alpha value is -1.81. The number of aromatic amines is 1. The first-order valence-corrected chi connectivity index (χ1v) is 7.14. The average molecular weight is 306 g/mol. The van der Waals surface area contributed by atoms with Gasteiger partial charge in [-0.2, -0.15) is 0 Å². The molecule has 1 aromatic carbocycles. The molecule has 0 saturated heterocycles. The molecule has 1 aliphatic rings. The molecule has 2 aromatic rings. The van der Waals surface area contributed by atoms with Crippen molar-refractivity contribution in [2.45, 2.75) is 25.2 Å². The second-order valence-corrected chi connectivity index (χ2v) is 5.34. The van der Waals surface area contributed by atoms with Crippen LogP contribution in [0.25, 0.3) is 0 Å². The second-order valence-electron chi connectivity index (χ2n) is 5.34. The molecule has 1 saturated carbocycles. The molecule has 0 spiro atoms. The van der Waals surface area contributed by atoms with Crippen molar-refractivity contribution < 1.29 is 4.79 Å². The van der Waals surface area contributed by atoms with Crippen LogP contribution in [0.4, 0.5) is 0 Å². The number of aromatic nitrogens is 2. The summed E-state index contributed by atoms with van der Waals surface area (Å²) >= 11 is 0. The lowest BCUT2D eigenvalue weighted by molar-refractivity contribution is -0.122. The first-order chi connectivity index (χ1) is 9.84. The molecule has 2 atom stereocenters. The van der Waals surface area contributed by atoms with Gasteiger partial charge in [-0.1, -0.05) is 30.3 Å². The van der Waals surface area contributed by atoms with E-state index in [4.69, 9.17) is 0 Å². The maximum absolute atomic E-state index is 12.0. The Morgan fingerprint density at radius 2 is 2.14 bits per heavy atom. The zero-order valence-electron chi connectivity index (χ0n) is 11.8. The predicted molar refractivity (Wildman–Crippen MR) is 84.5 cm³/mol. The predicted octanol–water partition coefficient (Wildman–Crippen LogP) is 2.68. The molecule has 3 rings (SSSR count). The number of hydrogen-bond donors (Lipinski definition) is 2. The maximum Gasteiger partial charge on any atom is 0.223 e. The summed E-state index contributed by atoms with van der Waals surface area (Å²) in [6.07, 6.45) is 6.41. The minimum atomic E-state index is 0. The van der Waals surface area contributed by atoms with Crippen LogP contribution in [0, 0.1) is 5.92 Å². The number of hydrogen-bond acceptors (Lipinski definition) is 2. The molecule has 1 aromatic heterocycles. The van der Waals surface area contributed by atoms with Crippen LogP contribution < -0.4 is 5.32 Å². The first-order valence-electron chi connectivity index (χ1n) is 7.14. The molecule has 4 nitrogen and oxygen atoms in total. The highest BCUT2D eigenvalue weighted by molar-refractivity contribution is 5.85. The number of nitrogens with zero attached hydrogens (tertiary/aromatic N) is 1. The number of carbonyl (C=O) groups excluding carboxylic acids is 1. The summed E-state index contributed by atoms with van der Waals surface area (Å²) in [5.74, 6) is 0.650. The number of carbonyl (C=O) groups is 1.